The summed E-state index contributed by atoms with van der Waals surface area (Å²) in [6.07, 6.45) is -4.42. The Hall–Kier alpha value is -4.14. The Morgan fingerprint density at radius 1 is 0.882 bits per heavy atom. The molecule has 0 unspecified atom stereocenters. The number of nitrogens with zero attached hydrogens (tertiary/aromatic N) is 2. The van der Waals surface area contributed by atoms with E-state index in [9.17, 15) is 18.0 Å². The second-order valence-corrected chi connectivity index (χ2v) is 7.76. The number of amides is 2. The van der Waals surface area contributed by atoms with Gasteiger partial charge in [0.1, 0.15) is 5.69 Å². The van der Waals surface area contributed by atoms with Gasteiger partial charge in [-0.15, -0.1) is 10.2 Å². The third kappa shape index (κ3) is 5.43. The molecule has 0 saturated heterocycles. The number of anilines is 2. The van der Waals surface area contributed by atoms with E-state index in [-0.39, 0.29) is 11.7 Å². The van der Waals surface area contributed by atoms with Crippen molar-refractivity contribution < 1.29 is 18.0 Å². The third-order valence-corrected chi connectivity index (χ3v) is 5.16. The van der Waals surface area contributed by atoms with Gasteiger partial charge in [0.25, 0.3) is 0 Å². The predicted molar refractivity (Wildman–Crippen MR) is 127 cm³/mol. The number of carbonyl (C=O) groups excluding carboxylic acids is 1. The van der Waals surface area contributed by atoms with E-state index in [2.05, 4.69) is 26.1 Å². The van der Waals surface area contributed by atoms with Gasteiger partial charge in [0.05, 0.1) is 5.56 Å². The molecule has 0 fully saturated rings. The van der Waals surface area contributed by atoms with Crippen LogP contribution in [0, 0.1) is 0 Å². The first-order valence-electron chi connectivity index (χ1n) is 10.6. The molecule has 3 aromatic carbocycles. The Labute approximate surface area is 194 Å². The van der Waals surface area contributed by atoms with E-state index in [1.54, 1.807) is 6.92 Å². The summed E-state index contributed by atoms with van der Waals surface area (Å²) in [5, 5.41) is 19.1. The monoisotopic (exact) mass is 465 g/mol. The largest absolute Gasteiger partial charge is 0.416 e. The topological polar surface area (TPSA) is 78.9 Å². The van der Waals surface area contributed by atoms with Crippen molar-refractivity contribution >= 4 is 28.3 Å². The molecule has 1 atom stereocenters. The molecule has 34 heavy (non-hydrogen) atoms. The molecule has 2 amide bonds. The second kappa shape index (κ2) is 9.78. The fourth-order valence-electron chi connectivity index (χ4n) is 3.48. The Bertz CT molecular complexity index is 1280. The van der Waals surface area contributed by atoms with Gasteiger partial charge in [0.15, 0.2) is 5.82 Å². The second-order valence-electron chi connectivity index (χ2n) is 7.76. The third-order valence-electron chi connectivity index (χ3n) is 5.16. The fourth-order valence-corrected chi connectivity index (χ4v) is 3.48. The van der Waals surface area contributed by atoms with Crippen molar-refractivity contribution in [2.45, 2.75) is 19.1 Å². The normalized spacial score (nSPS) is 12.2. The highest BCUT2D eigenvalue weighted by atomic mass is 19.4. The summed E-state index contributed by atoms with van der Waals surface area (Å²) in [6.45, 7) is 2.16. The number of aromatic nitrogens is 2. The lowest BCUT2D eigenvalue weighted by molar-refractivity contribution is -0.137. The van der Waals surface area contributed by atoms with Crippen LogP contribution in [0.2, 0.25) is 0 Å². The molecule has 0 aliphatic heterocycles. The maximum atomic E-state index is 12.7. The minimum absolute atomic E-state index is 0.263. The van der Waals surface area contributed by atoms with Gasteiger partial charge in [-0.2, -0.15) is 13.2 Å². The molecule has 3 N–H and O–H groups in total. The molecule has 0 spiro atoms. The highest BCUT2D eigenvalue weighted by molar-refractivity contribution is 6.00. The number of nitrogens with one attached hydrogen (secondary N) is 3. The van der Waals surface area contributed by atoms with Gasteiger partial charge in [0.2, 0.25) is 0 Å². The van der Waals surface area contributed by atoms with Crippen molar-refractivity contribution in [3.8, 4) is 11.3 Å². The zero-order valence-corrected chi connectivity index (χ0v) is 18.2. The van der Waals surface area contributed by atoms with E-state index in [4.69, 9.17) is 0 Å². The van der Waals surface area contributed by atoms with Crippen molar-refractivity contribution in [1.29, 1.82) is 0 Å². The minimum atomic E-state index is -4.42. The molecule has 0 aliphatic carbocycles. The van der Waals surface area contributed by atoms with E-state index in [0.29, 0.717) is 12.4 Å². The Balaban J connectivity index is 1.39. The molecule has 9 heteroatoms. The summed E-state index contributed by atoms with van der Waals surface area (Å²) in [5.74, 6) is 0.590. The number of alkyl halides is 3. The highest BCUT2D eigenvalue weighted by Crippen LogP contribution is 2.30. The summed E-state index contributed by atoms with van der Waals surface area (Å²) in [7, 11) is 0. The van der Waals surface area contributed by atoms with Gasteiger partial charge < -0.3 is 16.0 Å². The number of hydrogen-bond donors (Lipinski definition) is 3. The van der Waals surface area contributed by atoms with Crippen molar-refractivity contribution in [1.82, 2.24) is 15.5 Å². The molecule has 0 saturated carbocycles. The first-order valence-corrected chi connectivity index (χ1v) is 10.6. The molecule has 1 heterocycles. The lowest BCUT2D eigenvalue weighted by Crippen LogP contribution is -2.40. The number of urea groups is 1. The summed E-state index contributed by atoms with van der Waals surface area (Å²) < 4.78 is 38.0. The number of fused-ring (bicyclic) bond motifs is 1. The van der Waals surface area contributed by atoms with Gasteiger partial charge in [0, 0.05) is 34.6 Å². The Morgan fingerprint density at radius 2 is 1.53 bits per heavy atom. The average Bonchev–Trinajstić information content (AvgIpc) is 2.82. The van der Waals surface area contributed by atoms with Crippen molar-refractivity contribution in [2.75, 3.05) is 17.2 Å². The molecule has 0 bridgehead atoms. The highest BCUT2D eigenvalue weighted by Gasteiger charge is 2.30. The number of rotatable bonds is 6. The number of hydrogen-bond acceptors (Lipinski definition) is 4. The van der Waals surface area contributed by atoms with E-state index in [1.807, 2.05) is 54.6 Å². The minimum Gasteiger partial charge on any atom is -0.366 e. The molecule has 4 aromatic rings. The summed E-state index contributed by atoms with van der Waals surface area (Å²) in [5.41, 5.74) is 1.23. The maximum absolute atomic E-state index is 12.7. The first-order chi connectivity index (χ1) is 16.3. The van der Waals surface area contributed by atoms with Gasteiger partial charge in [-0.3, -0.25) is 0 Å². The van der Waals surface area contributed by atoms with Gasteiger partial charge in [-0.25, -0.2) is 4.79 Å². The van der Waals surface area contributed by atoms with Crippen LogP contribution < -0.4 is 16.0 Å². The van der Waals surface area contributed by atoms with Crippen LogP contribution in [0.4, 0.5) is 29.5 Å². The zero-order valence-electron chi connectivity index (χ0n) is 18.2. The molecule has 0 aliphatic rings. The van der Waals surface area contributed by atoms with Crippen molar-refractivity contribution in [3.05, 3.63) is 84.4 Å². The van der Waals surface area contributed by atoms with Crippen LogP contribution in [0.1, 0.15) is 12.5 Å². The van der Waals surface area contributed by atoms with Gasteiger partial charge in [-0.05, 0) is 31.2 Å². The fraction of sp³-hybridized carbons (Fsp3) is 0.160. The van der Waals surface area contributed by atoms with E-state index in [1.165, 1.54) is 12.1 Å². The summed E-state index contributed by atoms with van der Waals surface area (Å²) in [4.78, 5) is 12.2. The Kier molecular flexibility index (Phi) is 6.62. The first kappa shape index (κ1) is 23.0. The zero-order chi connectivity index (χ0) is 24.1. The number of benzene rings is 3. The van der Waals surface area contributed by atoms with Crippen molar-refractivity contribution in [3.63, 3.8) is 0 Å². The molecule has 174 valence electrons. The van der Waals surface area contributed by atoms with Crippen LogP contribution in [0.25, 0.3) is 22.0 Å². The van der Waals surface area contributed by atoms with Crippen LogP contribution in [0.3, 0.4) is 0 Å². The maximum Gasteiger partial charge on any atom is 0.416 e. The van der Waals surface area contributed by atoms with Crippen molar-refractivity contribution in [2.24, 2.45) is 0 Å². The number of carbonyl (C=O) groups is 1. The van der Waals surface area contributed by atoms with Gasteiger partial charge >= 0.3 is 12.2 Å². The standard InChI is InChI=1S/C25H22F3N5O/c1-16(30-24(34)31-19-13-11-18(12-14-19)25(26,27)28)15-29-23-21-10-6-5-9-20(21)22(32-33-23)17-7-3-2-4-8-17/h2-14,16H,15H2,1H3,(H,29,33)(H2,30,31,34)/t16-/m0/s1. The molecular formula is C25H22F3N5O. The van der Waals surface area contributed by atoms with Crippen LogP contribution in [0.15, 0.2) is 78.9 Å². The lowest BCUT2D eigenvalue weighted by atomic mass is 10.0. The molecule has 4 rings (SSSR count). The number of halogens is 3. The lowest BCUT2D eigenvalue weighted by Gasteiger charge is -2.17. The van der Waals surface area contributed by atoms with E-state index >= 15 is 0 Å². The SMILES string of the molecule is C[C@@H](CNc1nnc(-c2ccccc2)c2ccccc12)NC(=O)Nc1ccc(C(F)(F)F)cc1. The molecule has 6 nitrogen and oxygen atoms in total. The van der Waals surface area contributed by atoms with Crippen LogP contribution in [-0.4, -0.2) is 28.8 Å². The molecular weight excluding hydrogens is 443 g/mol. The quantitative estimate of drug-likeness (QED) is 0.329. The van der Waals surface area contributed by atoms with Crippen LogP contribution in [-0.2, 0) is 6.18 Å². The van der Waals surface area contributed by atoms with E-state index in [0.717, 1.165) is 34.2 Å². The summed E-state index contributed by atoms with van der Waals surface area (Å²) >= 11 is 0. The Morgan fingerprint density at radius 3 is 2.21 bits per heavy atom. The van der Waals surface area contributed by atoms with Crippen LogP contribution >= 0.6 is 0 Å². The average molecular weight is 465 g/mol. The van der Waals surface area contributed by atoms with E-state index < -0.39 is 17.8 Å². The molecule has 1 aromatic heterocycles. The smallest absolute Gasteiger partial charge is 0.366 e. The van der Waals surface area contributed by atoms with Gasteiger partial charge in [-0.1, -0.05) is 54.6 Å². The molecule has 0 radical (unpaired) electrons. The predicted octanol–water partition coefficient (Wildman–Crippen LogP) is 5.94. The van der Waals surface area contributed by atoms with Crippen LogP contribution in [0.5, 0.6) is 0 Å². The summed E-state index contributed by atoms with van der Waals surface area (Å²) in [6, 6.07) is 21.0.